The zero-order valence-corrected chi connectivity index (χ0v) is 10.3. The largest absolute Gasteiger partial charge is 0.317 e. The predicted molar refractivity (Wildman–Crippen MR) is 66.1 cm³/mol. The summed E-state index contributed by atoms with van der Waals surface area (Å²) in [7, 11) is 0. The average Bonchev–Trinajstić information content (AvgIpc) is 2.18. The summed E-state index contributed by atoms with van der Waals surface area (Å²) in [5, 5.41) is 7.80. The van der Waals surface area contributed by atoms with Gasteiger partial charge >= 0.3 is 0 Å². The highest BCUT2D eigenvalue weighted by molar-refractivity contribution is 7.99. The number of hydrogen-bond donors (Lipinski definition) is 2. The highest BCUT2D eigenvalue weighted by atomic mass is 32.2. The Hall–Kier alpha value is 0.270. The zero-order chi connectivity index (χ0) is 10.2. The molecule has 0 aromatic carbocycles. The molecular weight excluding hydrogens is 192 g/mol. The molecular formula is C11H24N2S. The minimum absolute atomic E-state index is 0.777. The van der Waals surface area contributed by atoms with Gasteiger partial charge in [0, 0.05) is 17.5 Å². The Morgan fingerprint density at radius 2 is 2.07 bits per heavy atom. The van der Waals surface area contributed by atoms with E-state index in [9.17, 15) is 0 Å². The highest BCUT2D eigenvalue weighted by Gasteiger charge is 2.12. The lowest BCUT2D eigenvalue weighted by Gasteiger charge is -2.22. The van der Waals surface area contributed by atoms with Crippen molar-refractivity contribution in [3.05, 3.63) is 0 Å². The molecule has 1 aliphatic heterocycles. The van der Waals surface area contributed by atoms with E-state index in [1.54, 1.807) is 0 Å². The second-order valence-corrected chi connectivity index (χ2v) is 5.83. The van der Waals surface area contributed by atoms with Crippen molar-refractivity contribution in [2.75, 3.05) is 31.9 Å². The summed E-state index contributed by atoms with van der Waals surface area (Å²) in [6.45, 7) is 9.29. The summed E-state index contributed by atoms with van der Waals surface area (Å²) in [5.74, 6) is 2.05. The van der Waals surface area contributed by atoms with Crippen LogP contribution in [0.1, 0.15) is 26.7 Å². The first kappa shape index (κ1) is 12.3. The molecule has 3 heteroatoms. The molecule has 0 aromatic rings. The second kappa shape index (κ2) is 7.55. The Morgan fingerprint density at radius 1 is 1.36 bits per heavy atom. The van der Waals surface area contributed by atoms with E-state index in [4.69, 9.17) is 0 Å². The van der Waals surface area contributed by atoms with Crippen LogP contribution in [-0.2, 0) is 0 Å². The van der Waals surface area contributed by atoms with Gasteiger partial charge in [-0.05, 0) is 38.4 Å². The van der Waals surface area contributed by atoms with Gasteiger partial charge in [0.25, 0.3) is 0 Å². The third-order valence-corrected chi connectivity index (χ3v) is 3.85. The molecule has 1 fully saturated rings. The molecule has 1 saturated heterocycles. The van der Waals surface area contributed by atoms with Crippen LogP contribution in [0, 0.1) is 5.92 Å². The van der Waals surface area contributed by atoms with Gasteiger partial charge < -0.3 is 10.6 Å². The molecule has 0 radical (unpaired) electrons. The van der Waals surface area contributed by atoms with Crippen LogP contribution >= 0.6 is 11.8 Å². The van der Waals surface area contributed by atoms with Crippen molar-refractivity contribution in [1.29, 1.82) is 0 Å². The number of rotatable bonds is 6. The molecule has 1 heterocycles. The topological polar surface area (TPSA) is 24.1 Å². The van der Waals surface area contributed by atoms with Crippen LogP contribution in [-0.4, -0.2) is 37.2 Å². The Bertz CT molecular complexity index is 133. The summed E-state index contributed by atoms with van der Waals surface area (Å²) in [4.78, 5) is 0. The van der Waals surface area contributed by atoms with Crippen molar-refractivity contribution in [3.8, 4) is 0 Å². The molecule has 0 atom stereocenters. The van der Waals surface area contributed by atoms with Crippen molar-refractivity contribution >= 4 is 11.8 Å². The Balaban J connectivity index is 1.87. The Kier molecular flexibility index (Phi) is 6.65. The van der Waals surface area contributed by atoms with Gasteiger partial charge in [0.05, 0.1) is 0 Å². The maximum Gasteiger partial charge on any atom is 0.00716 e. The first-order chi connectivity index (χ1) is 6.79. The fourth-order valence-electron chi connectivity index (χ4n) is 1.65. The highest BCUT2D eigenvalue weighted by Crippen LogP contribution is 2.19. The fraction of sp³-hybridized carbons (Fsp3) is 1.00. The van der Waals surface area contributed by atoms with Crippen LogP contribution in [0.5, 0.6) is 0 Å². The number of hydrogen-bond acceptors (Lipinski definition) is 3. The Labute approximate surface area is 92.6 Å². The van der Waals surface area contributed by atoms with E-state index >= 15 is 0 Å². The van der Waals surface area contributed by atoms with Crippen LogP contribution in [0.2, 0.25) is 0 Å². The SMILES string of the molecule is CC(C)CNCCSC1CCNCC1. The molecule has 1 aliphatic rings. The maximum atomic E-state index is 3.49. The zero-order valence-electron chi connectivity index (χ0n) is 9.51. The lowest BCUT2D eigenvalue weighted by atomic mass is 10.2. The molecule has 0 amide bonds. The molecule has 84 valence electrons. The molecule has 0 aromatic heterocycles. The molecule has 2 N–H and O–H groups in total. The molecule has 14 heavy (non-hydrogen) atoms. The monoisotopic (exact) mass is 216 g/mol. The van der Waals surface area contributed by atoms with E-state index in [1.165, 1.54) is 38.2 Å². The first-order valence-electron chi connectivity index (χ1n) is 5.82. The van der Waals surface area contributed by atoms with E-state index in [2.05, 4.69) is 36.2 Å². The molecule has 0 spiro atoms. The third kappa shape index (κ3) is 5.89. The number of piperidine rings is 1. The quantitative estimate of drug-likeness (QED) is 0.661. The lowest BCUT2D eigenvalue weighted by molar-refractivity contribution is 0.530. The van der Waals surface area contributed by atoms with Crippen LogP contribution in [0.3, 0.4) is 0 Å². The van der Waals surface area contributed by atoms with E-state index < -0.39 is 0 Å². The Morgan fingerprint density at radius 3 is 2.71 bits per heavy atom. The van der Waals surface area contributed by atoms with Crippen molar-refractivity contribution in [3.63, 3.8) is 0 Å². The minimum Gasteiger partial charge on any atom is -0.317 e. The van der Waals surface area contributed by atoms with Crippen LogP contribution in [0.25, 0.3) is 0 Å². The van der Waals surface area contributed by atoms with Gasteiger partial charge in [-0.3, -0.25) is 0 Å². The standard InChI is InChI=1S/C11H24N2S/c1-10(2)9-13-7-8-14-11-3-5-12-6-4-11/h10-13H,3-9H2,1-2H3. The summed E-state index contributed by atoms with van der Waals surface area (Å²) < 4.78 is 0. The molecule has 0 saturated carbocycles. The van der Waals surface area contributed by atoms with Crippen molar-refractivity contribution < 1.29 is 0 Å². The summed E-state index contributed by atoms with van der Waals surface area (Å²) >= 11 is 2.15. The van der Waals surface area contributed by atoms with Crippen LogP contribution in [0.4, 0.5) is 0 Å². The van der Waals surface area contributed by atoms with Crippen LogP contribution < -0.4 is 10.6 Å². The molecule has 0 unspecified atom stereocenters. The third-order valence-electron chi connectivity index (χ3n) is 2.47. The molecule has 0 aliphatic carbocycles. The molecule has 2 nitrogen and oxygen atoms in total. The predicted octanol–water partition coefficient (Wildman–Crippen LogP) is 1.72. The molecule has 1 rings (SSSR count). The van der Waals surface area contributed by atoms with Crippen molar-refractivity contribution in [1.82, 2.24) is 10.6 Å². The van der Waals surface area contributed by atoms with Crippen molar-refractivity contribution in [2.45, 2.75) is 31.9 Å². The molecule has 0 bridgehead atoms. The van der Waals surface area contributed by atoms with E-state index in [1.807, 2.05) is 0 Å². The number of thioether (sulfide) groups is 1. The summed E-state index contributed by atoms with van der Waals surface area (Å²) in [6.07, 6.45) is 2.71. The average molecular weight is 216 g/mol. The van der Waals surface area contributed by atoms with E-state index in [-0.39, 0.29) is 0 Å². The van der Waals surface area contributed by atoms with Crippen LogP contribution in [0.15, 0.2) is 0 Å². The van der Waals surface area contributed by atoms with Gasteiger partial charge in [-0.25, -0.2) is 0 Å². The smallest absolute Gasteiger partial charge is 0.00716 e. The van der Waals surface area contributed by atoms with Gasteiger partial charge in [-0.1, -0.05) is 13.8 Å². The normalized spacial score (nSPS) is 19.1. The number of nitrogens with one attached hydrogen (secondary N) is 2. The van der Waals surface area contributed by atoms with Gasteiger partial charge in [0.15, 0.2) is 0 Å². The van der Waals surface area contributed by atoms with Gasteiger partial charge in [-0.2, -0.15) is 11.8 Å². The van der Waals surface area contributed by atoms with Gasteiger partial charge in [0.2, 0.25) is 0 Å². The van der Waals surface area contributed by atoms with E-state index in [0.717, 1.165) is 17.7 Å². The van der Waals surface area contributed by atoms with Gasteiger partial charge in [0.1, 0.15) is 0 Å². The maximum absolute atomic E-state index is 3.49. The van der Waals surface area contributed by atoms with E-state index in [0.29, 0.717) is 0 Å². The minimum atomic E-state index is 0.777. The van der Waals surface area contributed by atoms with Gasteiger partial charge in [-0.15, -0.1) is 0 Å². The van der Waals surface area contributed by atoms with Crippen molar-refractivity contribution in [2.24, 2.45) is 5.92 Å². The first-order valence-corrected chi connectivity index (χ1v) is 6.87. The lowest BCUT2D eigenvalue weighted by Crippen LogP contribution is -2.30. The summed E-state index contributed by atoms with van der Waals surface area (Å²) in [6, 6.07) is 0. The fourth-order valence-corrected chi connectivity index (χ4v) is 2.82. The second-order valence-electron chi connectivity index (χ2n) is 4.42. The summed E-state index contributed by atoms with van der Waals surface area (Å²) in [5.41, 5.74) is 0.